The zero-order valence-electron chi connectivity index (χ0n) is 18.7. The summed E-state index contributed by atoms with van der Waals surface area (Å²) in [4.78, 5) is 41.5. The number of fused-ring (bicyclic) bond motifs is 1. The molecule has 3 N–H and O–H groups in total. The molecule has 3 aliphatic rings. The van der Waals surface area contributed by atoms with E-state index in [4.69, 9.17) is 9.47 Å². The summed E-state index contributed by atoms with van der Waals surface area (Å²) < 4.78 is 11.6. The van der Waals surface area contributed by atoms with Crippen LogP contribution in [0.5, 0.6) is 5.75 Å². The fraction of sp³-hybridized carbons (Fsp3) is 0.609. The fourth-order valence-corrected chi connectivity index (χ4v) is 5.80. The predicted octanol–water partition coefficient (Wildman–Crippen LogP) is 0.917. The summed E-state index contributed by atoms with van der Waals surface area (Å²) >= 11 is 0. The van der Waals surface area contributed by atoms with Gasteiger partial charge in [0, 0.05) is 25.9 Å². The van der Waals surface area contributed by atoms with Gasteiger partial charge in [-0.05, 0) is 56.9 Å². The van der Waals surface area contributed by atoms with Crippen molar-refractivity contribution in [3.63, 3.8) is 0 Å². The van der Waals surface area contributed by atoms with Gasteiger partial charge in [-0.2, -0.15) is 0 Å². The van der Waals surface area contributed by atoms with Crippen molar-refractivity contribution < 1.29 is 29.0 Å². The van der Waals surface area contributed by atoms with Gasteiger partial charge in [0.05, 0.1) is 24.5 Å². The molecule has 9 nitrogen and oxygen atoms in total. The van der Waals surface area contributed by atoms with E-state index in [1.807, 2.05) is 6.92 Å². The number of benzene rings is 1. The third kappa shape index (κ3) is 3.34. The molecular formula is C23H31N3O6. The van der Waals surface area contributed by atoms with E-state index < -0.39 is 29.1 Å². The number of anilines is 1. The number of amides is 3. The van der Waals surface area contributed by atoms with Crippen LogP contribution >= 0.6 is 0 Å². The number of likely N-dealkylation sites (tertiary alicyclic amines) is 1. The van der Waals surface area contributed by atoms with Gasteiger partial charge in [0.25, 0.3) is 0 Å². The van der Waals surface area contributed by atoms with Crippen LogP contribution in [0.1, 0.15) is 32.6 Å². The second-order valence-electron chi connectivity index (χ2n) is 9.02. The Balaban J connectivity index is 1.68. The number of hydrogen-bond donors (Lipinski definition) is 3. The van der Waals surface area contributed by atoms with Gasteiger partial charge < -0.3 is 30.1 Å². The van der Waals surface area contributed by atoms with Gasteiger partial charge in [0.1, 0.15) is 17.4 Å². The molecule has 3 saturated heterocycles. The van der Waals surface area contributed by atoms with Crippen molar-refractivity contribution in [2.45, 2.75) is 49.9 Å². The van der Waals surface area contributed by atoms with E-state index in [0.717, 1.165) is 0 Å². The van der Waals surface area contributed by atoms with E-state index >= 15 is 0 Å². The lowest BCUT2D eigenvalue weighted by molar-refractivity contribution is -0.144. The largest absolute Gasteiger partial charge is 0.497 e. The molecule has 3 aliphatic heterocycles. The third-order valence-electron chi connectivity index (χ3n) is 7.22. The Bertz CT molecular complexity index is 905. The van der Waals surface area contributed by atoms with Crippen molar-refractivity contribution >= 4 is 23.4 Å². The van der Waals surface area contributed by atoms with Crippen LogP contribution in [0.4, 0.5) is 5.69 Å². The lowest BCUT2D eigenvalue weighted by atomic mass is 9.66. The summed E-state index contributed by atoms with van der Waals surface area (Å²) in [6.45, 7) is 2.19. The Labute approximate surface area is 187 Å². The number of rotatable bonds is 8. The zero-order chi connectivity index (χ0) is 23.1. The van der Waals surface area contributed by atoms with Gasteiger partial charge in [-0.3, -0.25) is 14.4 Å². The lowest BCUT2D eigenvalue weighted by Gasteiger charge is -2.33. The van der Waals surface area contributed by atoms with Crippen LogP contribution in [-0.4, -0.2) is 72.3 Å². The van der Waals surface area contributed by atoms with Crippen molar-refractivity contribution in [2.75, 3.05) is 32.6 Å². The van der Waals surface area contributed by atoms with E-state index in [1.54, 1.807) is 43.3 Å². The van der Waals surface area contributed by atoms with E-state index in [-0.39, 0.29) is 24.3 Å². The van der Waals surface area contributed by atoms with Gasteiger partial charge in [0.2, 0.25) is 17.7 Å². The van der Waals surface area contributed by atoms with Crippen molar-refractivity contribution in [1.29, 1.82) is 0 Å². The molecule has 4 rings (SSSR count). The van der Waals surface area contributed by atoms with Crippen molar-refractivity contribution in [1.82, 2.24) is 10.2 Å². The molecule has 9 heteroatoms. The molecule has 32 heavy (non-hydrogen) atoms. The highest BCUT2D eigenvalue weighted by atomic mass is 16.5. The minimum Gasteiger partial charge on any atom is -0.497 e. The van der Waals surface area contributed by atoms with Crippen LogP contribution in [0, 0.1) is 11.8 Å². The van der Waals surface area contributed by atoms with Crippen molar-refractivity contribution in [3.8, 4) is 5.75 Å². The number of aliphatic hydroxyl groups excluding tert-OH is 1. The number of nitrogens with one attached hydrogen (secondary N) is 2. The maximum atomic E-state index is 13.6. The molecule has 3 heterocycles. The Kier molecular flexibility index (Phi) is 5.89. The monoisotopic (exact) mass is 445 g/mol. The maximum Gasteiger partial charge on any atom is 0.250 e. The maximum absolute atomic E-state index is 13.6. The number of nitrogens with zero attached hydrogens (tertiary/aromatic N) is 1. The first kappa shape index (κ1) is 22.5. The van der Waals surface area contributed by atoms with Crippen LogP contribution in [0.2, 0.25) is 0 Å². The molecule has 2 unspecified atom stereocenters. The average Bonchev–Trinajstić information content (AvgIpc) is 3.35. The van der Waals surface area contributed by atoms with Gasteiger partial charge in [-0.15, -0.1) is 0 Å². The molecule has 0 radical (unpaired) electrons. The second kappa shape index (κ2) is 8.37. The van der Waals surface area contributed by atoms with Crippen molar-refractivity contribution in [3.05, 3.63) is 24.3 Å². The smallest absolute Gasteiger partial charge is 0.250 e. The number of carbonyl (C=O) groups is 3. The molecule has 3 amide bonds. The van der Waals surface area contributed by atoms with E-state index in [0.29, 0.717) is 43.7 Å². The number of carbonyl (C=O) groups excluding carboxylic acids is 3. The minimum absolute atomic E-state index is 0.00868. The quantitative estimate of drug-likeness (QED) is 0.512. The standard InChI is InChI=1S/C23H31N3O6/c1-22-10-11-23(32-22)17(16(22)19(28)24-2)21(30)26(12-4-5-13-27)18(23)20(29)25-14-6-8-15(31-3)9-7-14/h6-9,16-18,27H,4-5,10-13H2,1-3H3,(H,24,28)(H,25,29)/t16-,17+,18?,22+,23?/m1/s1. The Morgan fingerprint density at radius 2 is 1.94 bits per heavy atom. The summed E-state index contributed by atoms with van der Waals surface area (Å²) in [6, 6.07) is 6.11. The van der Waals surface area contributed by atoms with Gasteiger partial charge >= 0.3 is 0 Å². The highest BCUT2D eigenvalue weighted by Gasteiger charge is 2.77. The van der Waals surface area contributed by atoms with Crippen LogP contribution in [0.15, 0.2) is 24.3 Å². The summed E-state index contributed by atoms with van der Waals surface area (Å²) in [5, 5.41) is 14.8. The summed E-state index contributed by atoms with van der Waals surface area (Å²) in [6.07, 6.45) is 2.21. The number of methoxy groups -OCH3 is 1. The number of hydrogen-bond acceptors (Lipinski definition) is 6. The molecule has 0 aliphatic carbocycles. The molecule has 2 bridgehead atoms. The van der Waals surface area contributed by atoms with E-state index in [1.165, 1.54) is 0 Å². The first-order valence-corrected chi connectivity index (χ1v) is 11.1. The Morgan fingerprint density at radius 3 is 2.56 bits per heavy atom. The van der Waals surface area contributed by atoms with Crippen LogP contribution in [-0.2, 0) is 19.1 Å². The molecular weight excluding hydrogens is 414 g/mol. The normalized spacial score (nSPS) is 32.7. The first-order valence-electron chi connectivity index (χ1n) is 11.1. The lowest BCUT2D eigenvalue weighted by Crippen LogP contribution is -2.53. The molecule has 174 valence electrons. The molecule has 0 aromatic heterocycles. The number of aliphatic hydroxyl groups is 1. The average molecular weight is 446 g/mol. The molecule has 5 atom stereocenters. The third-order valence-corrected chi connectivity index (χ3v) is 7.22. The highest BCUT2D eigenvalue weighted by molar-refractivity contribution is 6.03. The highest BCUT2D eigenvalue weighted by Crippen LogP contribution is 2.63. The fourth-order valence-electron chi connectivity index (χ4n) is 5.80. The molecule has 0 saturated carbocycles. The van der Waals surface area contributed by atoms with E-state index in [9.17, 15) is 19.5 Å². The SMILES string of the molecule is CNC(=O)[C@H]1[C@H]2C(=O)N(CCCCO)C(C(=O)Nc3ccc(OC)cc3)C23CC[C@]1(C)O3. The molecule has 1 spiro atoms. The molecule has 1 aromatic carbocycles. The van der Waals surface area contributed by atoms with Crippen LogP contribution in [0.3, 0.4) is 0 Å². The topological polar surface area (TPSA) is 117 Å². The summed E-state index contributed by atoms with van der Waals surface area (Å²) in [7, 11) is 3.12. The first-order chi connectivity index (χ1) is 15.3. The number of unbranched alkanes of at least 4 members (excludes halogenated alkanes) is 1. The van der Waals surface area contributed by atoms with Crippen LogP contribution in [0.25, 0.3) is 0 Å². The van der Waals surface area contributed by atoms with Crippen molar-refractivity contribution in [2.24, 2.45) is 11.8 Å². The number of ether oxygens (including phenoxy) is 2. The summed E-state index contributed by atoms with van der Waals surface area (Å²) in [5.74, 6) is -1.48. The molecule has 3 fully saturated rings. The summed E-state index contributed by atoms with van der Waals surface area (Å²) in [5.41, 5.74) is -1.24. The molecule has 1 aromatic rings. The van der Waals surface area contributed by atoms with Gasteiger partial charge in [-0.1, -0.05) is 0 Å². The minimum atomic E-state index is -1.04. The van der Waals surface area contributed by atoms with Crippen LogP contribution < -0.4 is 15.4 Å². The van der Waals surface area contributed by atoms with E-state index in [2.05, 4.69) is 10.6 Å². The van der Waals surface area contributed by atoms with Gasteiger partial charge in [-0.25, -0.2) is 0 Å². The van der Waals surface area contributed by atoms with Gasteiger partial charge in [0.15, 0.2) is 0 Å². The Hall–Kier alpha value is -2.65. The Morgan fingerprint density at radius 1 is 1.22 bits per heavy atom. The second-order valence-corrected chi connectivity index (χ2v) is 9.02. The zero-order valence-corrected chi connectivity index (χ0v) is 18.7. The predicted molar refractivity (Wildman–Crippen MR) is 116 cm³/mol.